The molecule has 0 spiro atoms. The summed E-state index contributed by atoms with van der Waals surface area (Å²) in [7, 11) is 0. The van der Waals surface area contributed by atoms with Gasteiger partial charge in [0.1, 0.15) is 0 Å². The zero-order valence-electron chi connectivity index (χ0n) is 7.72. The summed E-state index contributed by atoms with van der Waals surface area (Å²) in [5, 5.41) is 0. The first-order valence-corrected chi connectivity index (χ1v) is 4.42. The largest absolute Gasteiger partial charge is 0.378 e. The van der Waals surface area contributed by atoms with Crippen LogP contribution in [0.1, 0.15) is 33.6 Å². The van der Waals surface area contributed by atoms with E-state index in [0.717, 1.165) is 26.1 Å². The molecule has 66 valence electrons. The van der Waals surface area contributed by atoms with Crippen molar-refractivity contribution in [3.8, 4) is 0 Å². The van der Waals surface area contributed by atoms with Gasteiger partial charge in [0.15, 0.2) is 0 Å². The predicted octanol–water partition coefficient (Wildman–Crippen LogP) is 1.98. The first-order valence-electron chi connectivity index (χ1n) is 4.42. The highest BCUT2D eigenvalue weighted by molar-refractivity contribution is 4.81. The Morgan fingerprint density at radius 3 is 2.91 bits per heavy atom. The Morgan fingerprint density at radius 2 is 2.36 bits per heavy atom. The van der Waals surface area contributed by atoms with Gasteiger partial charge in [0.2, 0.25) is 0 Å². The Morgan fingerprint density at radius 1 is 1.64 bits per heavy atom. The maximum absolute atomic E-state index is 5.66. The molecule has 0 saturated carbocycles. The van der Waals surface area contributed by atoms with Crippen molar-refractivity contribution in [2.75, 3.05) is 13.2 Å². The molecule has 1 aliphatic heterocycles. The molecular formula is C9H18O2. The first-order chi connectivity index (χ1) is 5.16. The van der Waals surface area contributed by atoms with Crippen molar-refractivity contribution in [3.05, 3.63) is 0 Å². The van der Waals surface area contributed by atoms with Crippen LogP contribution in [0.15, 0.2) is 0 Å². The fraction of sp³-hybridized carbons (Fsp3) is 1.00. The Kier molecular flexibility index (Phi) is 2.90. The predicted molar refractivity (Wildman–Crippen MR) is 44.7 cm³/mol. The van der Waals surface area contributed by atoms with E-state index in [0.29, 0.717) is 6.10 Å². The molecule has 1 rings (SSSR count). The summed E-state index contributed by atoms with van der Waals surface area (Å²) < 4.78 is 11.1. The molecule has 0 aromatic heterocycles. The van der Waals surface area contributed by atoms with Gasteiger partial charge < -0.3 is 9.47 Å². The summed E-state index contributed by atoms with van der Waals surface area (Å²) in [4.78, 5) is 0. The summed E-state index contributed by atoms with van der Waals surface area (Å²) in [5.74, 6) is 0. The Bertz CT molecular complexity index is 121. The van der Waals surface area contributed by atoms with Gasteiger partial charge in [-0.3, -0.25) is 0 Å². The average molecular weight is 158 g/mol. The summed E-state index contributed by atoms with van der Waals surface area (Å²) in [6, 6.07) is 0. The van der Waals surface area contributed by atoms with Crippen LogP contribution in [0.4, 0.5) is 0 Å². The molecule has 0 amide bonds. The molecule has 2 atom stereocenters. The van der Waals surface area contributed by atoms with Gasteiger partial charge in [-0.1, -0.05) is 0 Å². The summed E-state index contributed by atoms with van der Waals surface area (Å²) in [6.45, 7) is 7.98. The van der Waals surface area contributed by atoms with Crippen LogP contribution in [0.25, 0.3) is 0 Å². The van der Waals surface area contributed by atoms with Crippen LogP contribution in [0, 0.1) is 0 Å². The first kappa shape index (κ1) is 9.01. The van der Waals surface area contributed by atoms with E-state index < -0.39 is 0 Å². The molecule has 2 heteroatoms. The van der Waals surface area contributed by atoms with Crippen molar-refractivity contribution in [1.29, 1.82) is 0 Å². The molecule has 0 radical (unpaired) electrons. The van der Waals surface area contributed by atoms with E-state index in [4.69, 9.17) is 9.47 Å². The van der Waals surface area contributed by atoms with Crippen molar-refractivity contribution in [1.82, 2.24) is 0 Å². The third-order valence-electron chi connectivity index (χ3n) is 2.25. The van der Waals surface area contributed by atoms with Gasteiger partial charge in [-0.15, -0.1) is 0 Å². The lowest BCUT2D eigenvalue weighted by molar-refractivity contribution is -0.121. The lowest BCUT2D eigenvalue weighted by Gasteiger charge is -2.36. The lowest BCUT2D eigenvalue weighted by atomic mass is 9.93. The molecule has 0 aliphatic carbocycles. The van der Waals surface area contributed by atoms with Gasteiger partial charge in [0, 0.05) is 19.6 Å². The highest BCUT2D eigenvalue weighted by Crippen LogP contribution is 2.27. The fourth-order valence-corrected chi connectivity index (χ4v) is 1.72. The quantitative estimate of drug-likeness (QED) is 0.611. The monoisotopic (exact) mass is 158 g/mol. The zero-order valence-corrected chi connectivity index (χ0v) is 7.72. The van der Waals surface area contributed by atoms with Crippen molar-refractivity contribution in [2.24, 2.45) is 0 Å². The fourth-order valence-electron chi connectivity index (χ4n) is 1.72. The number of ether oxygens (including phenoxy) is 2. The lowest BCUT2D eigenvalue weighted by Crippen LogP contribution is -2.39. The number of hydrogen-bond acceptors (Lipinski definition) is 2. The molecule has 0 aromatic rings. The second-order valence-corrected chi connectivity index (χ2v) is 3.52. The van der Waals surface area contributed by atoms with Gasteiger partial charge in [-0.05, 0) is 27.2 Å². The number of rotatable bonds is 2. The standard InChI is InChI=1S/C9H18O2/c1-4-11-9(3)5-6-10-8(2)7-9/h8H,4-7H2,1-3H3/t8-,9?/m0/s1. The average Bonchev–Trinajstić information content (AvgIpc) is 1.86. The van der Waals surface area contributed by atoms with E-state index in [2.05, 4.69) is 13.8 Å². The van der Waals surface area contributed by atoms with E-state index in [1.165, 1.54) is 0 Å². The smallest absolute Gasteiger partial charge is 0.0700 e. The van der Waals surface area contributed by atoms with Gasteiger partial charge >= 0.3 is 0 Å². The Hall–Kier alpha value is -0.0800. The molecule has 1 aliphatic rings. The molecule has 0 aromatic carbocycles. The third-order valence-corrected chi connectivity index (χ3v) is 2.25. The van der Waals surface area contributed by atoms with Crippen LogP contribution in [0.3, 0.4) is 0 Å². The second-order valence-electron chi connectivity index (χ2n) is 3.52. The van der Waals surface area contributed by atoms with Crippen LogP contribution in [0.5, 0.6) is 0 Å². The van der Waals surface area contributed by atoms with E-state index in [1.54, 1.807) is 0 Å². The van der Waals surface area contributed by atoms with Crippen molar-refractivity contribution < 1.29 is 9.47 Å². The van der Waals surface area contributed by atoms with Crippen LogP contribution in [-0.2, 0) is 9.47 Å². The maximum atomic E-state index is 5.66. The van der Waals surface area contributed by atoms with Crippen LogP contribution in [-0.4, -0.2) is 24.9 Å². The van der Waals surface area contributed by atoms with Gasteiger partial charge in [0.25, 0.3) is 0 Å². The van der Waals surface area contributed by atoms with Gasteiger partial charge in [-0.2, -0.15) is 0 Å². The summed E-state index contributed by atoms with van der Waals surface area (Å²) >= 11 is 0. The maximum Gasteiger partial charge on any atom is 0.0700 e. The van der Waals surface area contributed by atoms with Crippen LogP contribution < -0.4 is 0 Å². The van der Waals surface area contributed by atoms with Crippen LogP contribution >= 0.6 is 0 Å². The zero-order chi connectivity index (χ0) is 8.32. The minimum atomic E-state index is 0.0758. The molecule has 2 nitrogen and oxygen atoms in total. The molecular weight excluding hydrogens is 140 g/mol. The van der Waals surface area contributed by atoms with E-state index in [1.807, 2.05) is 6.92 Å². The molecule has 1 fully saturated rings. The SMILES string of the molecule is CCOC1(C)CCO[C@@H](C)C1. The molecule has 1 unspecified atom stereocenters. The van der Waals surface area contributed by atoms with Gasteiger partial charge in [0.05, 0.1) is 11.7 Å². The highest BCUT2D eigenvalue weighted by Gasteiger charge is 2.31. The van der Waals surface area contributed by atoms with Crippen LogP contribution in [0.2, 0.25) is 0 Å². The summed E-state index contributed by atoms with van der Waals surface area (Å²) in [5.41, 5.74) is 0.0758. The normalized spacial score (nSPS) is 39.0. The minimum absolute atomic E-state index is 0.0758. The molecule has 1 heterocycles. The topological polar surface area (TPSA) is 18.5 Å². The third kappa shape index (κ3) is 2.46. The highest BCUT2D eigenvalue weighted by atomic mass is 16.5. The number of hydrogen-bond donors (Lipinski definition) is 0. The summed E-state index contributed by atoms with van der Waals surface area (Å²) in [6.07, 6.45) is 2.42. The molecule has 0 bridgehead atoms. The van der Waals surface area contributed by atoms with Crippen molar-refractivity contribution >= 4 is 0 Å². The molecule has 11 heavy (non-hydrogen) atoms. The van der Waals surface area contributed by atoms with E-state index >= 15 is 0 Å². The Labute approximate surface area is 68.9 Å². The van der Waals surface area contributed by atoms with Gasteiger partial charge in [-0.25, -0.2) is 0 Å². The van der Waals surface area contributed by atoms with Crippen molar-refractivity contribution in [2.45, 2.75) is 45.3 Å². The molecule has 1 saturated heterocycles. The van der Waals surface area contributed by atoms with Crippen molar-refractivity contribution in [3.63, 3.8) is 0 Å². The van der Waals surface area contributed by atoms with E-state index in [-0.39, 0.29) is 5.60 Å². The second kappa shape index (κ2) is 3.55. The Balaban J connectivity index is 2.41. The minimum Gasteiger partial charge on any atom is -0.378 e. The van der Waals surface area contributed by atoms with E-state index in [9.17, 15) is 0 Å². The molecule has 0 N–H and O–H groups in total.